The zero-order valence-corrected chi connectivity index (χ0v) is 21.7. The van der Waals surface area contributed by atoms with Gasteiger partial charge in [-0.15, -0.1) is 0 Å². The predicted molar refractivity (Wildman–Crippen MR) is 145 cm³/mol. The normalized spacial score (nSPS) is 20.3. The Balaban J connectivity index is 1.29. The van der Waals surface area contributed by atoms with Gasteiger partial charge >= 0.3 is 0 Å². The van der Waals surface area contributed by atoms with Crippen LogP contribution in [0.15, 0.2) is 84.0 Å². The lowest BCUT2D eigenvalue weighted by Crippen LogP contribution is -2.53. The summed E-state index contributed by atoms with van der Waals surface area (Å²) in [4.78, 5) is 25.8. The number of hydrogen-bond acceptors (Lipinski definition) is 6. The smallest absolute Gasteiger partial charge is 0.268 e. The molecule has 5 rings (SSSR count). The van der Waals surface area contributed by atoms with Crippen molar-refractivity contribution >= 4 is 23.2 Å². The van der Waals surface area contributed by atoms with E-state index in [4.69, 9.17) is 4.74 Å². The number of nitrogens with zero attached hydrogens (tertiary/aromatic N) is 2. The first-order valence-electron chi connectivity index (χ1n) is 13.1. The Hall–Kier alpha value is -3.99. The van der Waals surface area contributed by atoms with E-state index >= 15 is 0 Å². The molecule has 2 heterocycles. The van der Waals surface area contributed by atoms with E-state index in [0.717, 1.165) is 28.8 Å². The minimum Gasteiger partial charge on any atom is -0.389 e. The number of ether oxygens (including phenoxy) is 1. The molecule has 3 N–H and O–H groups in total. The summed E-state index contributed by atoms with van der Waals surface area (Å²) in [6.45, 7) is 0.918. The third-order valence-electron chi connectivity index (χ3n) is 7.01. The Bertz CT molecular complexity index is 1350. The summed E-state index contributed by atoms with van der Waals surface area (Å²) in [7, 11) is 0. The number of para-hydroxylation sites is 1. The highest BCUT2D eigenvalue weighted by Gasteiger charge is 2.37. The lowest BCUT2D eigenvalue weighted by molar-refractivity contribution is -0.119. The van der Waals surface area contributed by atoms with Crippen molar-refractivity contribution < 1.29 is 28.2 Å². The summed E-state index contributed by atoms with van der Waals surface area (Å²) in [6, 6.07) is 20.2. The number of carbonyl (C=O) groups is 2. The van der Waals surface area contributed by atoms with Gasteiger partial charge in [0.15, 0.2) is 0 Å². The Kier molecular flexibility index (Phi) is 8.59. The molecule has 0 spiro atoms. The highest BCUT2D eigenvalue weighted by Crippen LogP contribution is 2.22. The van der Waals surface area contributed by atoms with Gasteiger partial charge in [0.2, 0.25) is 0 Å². The molecule has 1 saturated heterocycles. The number of hydrogen-bond donors (Lipinski definition) is 3. The molecule has 3 aromatic rings. The topological polar surface area (TPSA) is 103 Å². The molecule has 0 aromatic heterocycles. The van der Waals surface area contributed by atoms with E-state index in [0.29, 0.717) is 25.3 Å². The van der Waals surface area contributed by atoms with Crippen LogP contribution in [0.4, 0.5) is 14.5 Å². The van der Waals surface area contributed by atoms with E-state index in [1.54, 1.807) is 30.3 Å². The average molecular weight is 549 g/mol. The van der Waals surface area contributed by atoms with Crippen molar-refractivity contribution in [3.63, 3.8) is 0 Å². The second-order valence-corrected chi connectivity index (χ2v) is 9.99. The molecule has 40 heavy (non-hydrogen) atoms. The van der Waals surface area contributed by atoms with Gasteiger partial charge in [0.05, 0.1) is 37.0 Å². The molecule has 0 saturated carbocycles. The SMILES string of the molecule is O=C(NC(Cc1cc(F)cc(F)c1)[C@H](O)[C@H]1C[C@@H](OCc2ccccc2)CN1)C1=NN(c2ccccc2)C(=O)C1. The van der Waals surface area contributed by atoms with Crippen molar-refractivity contribution in [2.24, 2.45) is 5.10 Å². The molecule has 2 aliphatic rings. The van der Waals surface area contributed by atoms with Crippen molar-refractivity contribution in [1.82, 2.24) is 10.6 Å². The molecule has 4 atom stereocenters. The first-order chi connectivity index (χ1) is 19.4. The lowest BCUT2D eigenvalue weighted by Gasteiger charge is -2.28. The Morgan fingerprint density at radius 3 is 2.42 bits per heavy atom. The van der Waals surface area contributed by atoms with Crippen molar-refractivity contribution in [3.05, 3.63) is 102 Å². The average Bonchev–Trinajstić information content (AvgIpc) is 3.58. The van der Waals surface area contributed by atoms with Gasteiger partial charge in [-0.25, -0.2) is 8.78 Å². The van der Waals surface area contributed by atoms with Crippen molar-refractivity contribution in [2.75, 3.05) is 11.6 Å². The summed E-state index contributed by atoms with van der Waals surface area (Å²) >= 11 is 0. The minimum atomic E-state index is -1.12. The molecule has 208 valence electrons. The highest BCUT2D eigenvalue weighted by molar-refractivity contribution is 6.44. The Labute approximate surface area is 230 Å². The molecule has 2 aliphatic heterocycles. The number of nitrogens with one attached hydrogen (secondary N) is 2. The number of benzene rings is 3. The second-order valence-electron chi connectivity index (χ2n) is 9.99. The van der Waals surface area contributed by atoms with Crippen LogP contribution in [-0.2, 0) is 27.4 Å². The van der Waals surface area contributed by atoms with Gasteiger partial charge in [-0.05, 0) is 48.2 Å². The van der Waals surface area contributed by atoms with Crippen molar-refractivity contribution in [2.45, 2.75) is 50.2 Å². The van der Waals surface area contributed by atoms with Gasteiger partial charge in [0.25, 0.3) is 11.8 Å². The molecule has 8 nitrogen and oxygen atoms in total. The van der Waals surface area contributed by atoms with Crippen LogP contribution in [0, 0.1) is 11.6 Å². The summed E-state index contributed by atoms with van der Waals surface area (Å²) in [6.07, 6.45) is -1.07. The van der Waals surface area contributed by atoms with Crippen LogP contribution in [0.2, 0.25) is 0 Å². The van der Waals surface area contributed by atoms with Crippen LogP contribution < -0.4 is 15.6 Å². The van der Waals surface area contributed by atoms with Crippen molar-refractivity contribution in [3.8, 4) is 0 Å². The van der Waals surface area contributed by atoms with E-state index in [1.165, 1.54) is 0 Å². The van der Waals surface area contributed by atoms with Gasteiger partial charge in [-0.1, -0.05) is 48.5 Å². The molecule has 1 unspecified atom stereocenters. The molecule has 0 bridgehead atoms. The van der Waals surface area contributed by atoms with E-state index < -0.39 is 35.7 Å². The number of hydrazone groups is 1. The lowest BCUT2D eigenvalue weighted by atomic mass is 9.94. The minimum absolute atomic E-state index is 0.0140. The second kappa shape index (κ2) is 12.5. The van der Waals surface area contributed by atoms with Crippen LogP contribution >= 0.6 is 0 Å². The van der Waals surface area contributed by atoms with Gasteiger partial charge in [-0.2, -0.15) is 10.1 Å². The summed E-state index contributed by atoms with van der Waals surface area (Å²) in [5.41, 5.74) is 1.81. The Morgan fingerprint density at radius 1 is 1.05 bits per heavy atom. The zero-order valence-electron chi connectivity index (χ0n) is 21.7. The standard InChI is InChI=1S/C30H30F2N4O4/c31-21-11-20(12-22(32)14-21)13-26(29(38)25-15-24(17-33-25)40-18-19-7-3-1-4-8-19)34-30(39)27-16-28(37)36(35-27)23-9-5-2-6-10-23/h1-12,14,24-26,29,33,38H,13,15-18H2,(H,34,39)/t24-,25-,26?,29-/m1/s1. The van der Waals surface area contributed by atoms with Gasteiger partial charge < -0.3 is 20.5 Å². The molecule has 10 heteroatoms. The molecule has 2 amide bonds. The van der Waals surface area contributed by atoms with Gasteiger partial charge in [0, 0.05) is 18.7 Å². The summed E-state index contributed by atoms with van der Waals surface area (Å²) in [5, 5.41) is 22.7. The third-order valence-corrected chi connectivity index (χ3v) is 7.01. The molecular weight excluding hydrogens is 518 g/mol. The number of amides is 2. The molecule has 0 radical (unpaired) electrons. The monoisotopic (exact) mass is 548 g/mol. The fraction of sp³-hybridized carbons (Fsp3) is 0.300. The largest absolute Gasteiger partial charge is 0.389 e. The molecular formula is C30H30F2N4O4. The van der Waals surface area contributed by atoms with Gasteiger partial charge in [-0.3, -0.25) is 9.59 Å². The quantitative estimate of drug-likeness (QED) is 0.362. The molecule has 1 fully saturated rings. The predicted octanol–water partition coefficient (Wildman–Crippen LogP) is 3.09. The van der Waals surface area contributed by atoms with Gasteiger partial charge in [0.1, 0.15) is 17.3 Å². The maximum Gasteiger partial charge on any atom is 0.268 e. The summed E-state index contributed by atoms with van der Waals surface area (Å²) in [5.74, 6) is -2.52. The number of anilines is 1. The van der Waals surface area contributed by atoms with Crippen LogP contribution in [0.5, 0.6) is 0 Å². The van der Waals surface area contributed by atoms with E-state index in [-0.39, 0.29) is 36.1 Å². The molecule has 3 aromatic carbocycles. The van der Waals surface area contributed by atoms with E-state index in [9.17, 15) is 23.5 Å². The number of rotatable bonds is 10. The van der Waals surface area contributed by atoms with E-state index in [1.807, 2.05) is 30.3 Å². The highest BCUT2D eigenvalue weighted by atomic mass is 19.1. The first-order valence-corrected chi connectivity index (χ1v) is 13.1. The molecule has 0 aliphatic carbocycles. The maximum absolute atomic E-state index is 13.9. The number of halogens is 2. The van der Waals surface area contributed by atoms with Crippen LogP contribution in [0.1, 0.15) is 24.0 Å². The Morgan fingerprint density at radius 2 is 1.73 bits per heavy atom. The maximum atomic E-state index is 13.9. The zero-order chi connectivity index (χ0) is 28.1. The first kappa shape index (κ1) is 27.6. The number of aliphatic hydroxyl groups is 1. The number of aliphatic hydroxyl groups excluding tert-OH is 1. The fourth-order valence-corrected chi connectivity index (χ4v) is 5.01. The van der Waals surface area contributed by atoms with Crippen molar-refractivity contribution in [1.29, 1.82) is 0 Å². The van der Waals surface area contributed by atoms with Crippen LogP contribution in [0.3, 0.4) is 0 Å². The van der Waals surface area contributed by atoms with Crippen LogP contribution in [-0.4, -0.2) is 53.5 Å². The fourth-order valence-electron chi connectivity index (χ4n) is 5.01. The van der Waals surface area contributed by atoms with E-state index in [2.05, 4.69) is 15.7 Å². The summed E-state index contributed by atoms with van der Waals surface area (Å²) < 4.78 is 33.9. The number of carbonyl (C=O) groups excluding carboxylic acids is 2. The third kappa shape index (κ3) is 6.77. The van der Waals surface area contributed by atoms with Crippen LogP contribution in [0.25, 0.3) is 0 Å².